The van der Waals surface area contributed by atoms with Crippen molar-refractivity contribution in [2.24, 2.45) is 0 Å². The lowest BCUT2D eigenvalue weighted by molar-refractivity contribution is 0.588. The van der Waals surface area contributed by atoms with E-state index in [0.29, 0.717) is 6.04 Å². The maximum Gasteiger partial charge on any atom is 0.139 e. The molecule has 1 N–H and O–H groups in total. The summed E-state index contributed by atoms with van der Waals surface area (Å²) in [5.74, 6) is 0. The monoisotopic (exact) mass is 227 g/mol. The molecule has 0 spiro atoms. The first-order valence-corrected chi connectivity index (χ1v) is 6.04. The molecule has 0 bridgehead atoms. The molecule has 0 amide bonds. The Morgan fingerprint density at radius 1 is 1.18 bits per heavy atom. The Kier molecular flexibility index (Phi) is 1.85. The van der Waals surface area contributed by atoms with Gasteiger partial charge in [-0.2, -0.15) is 0 Å². The molecule has 0 aliphatic carbocycles. The molecule has 3 aromatic rings. The maximum atomic E-state index is 5.66. The zero-order valence-corrected chi connectivity index (χ0v) is 9.40. The molecule has 3 nitrogen and oxygen atoms in total. The summed E-state index contributed by atoms with van der Waals surface area (Å²) in [4.78, 5) is 0. The SMILES string of the molecule is c1cc2c(C3CCCN3)c3occc3cc2o1. The fraction of sp³-hybridized carbons (Fsp3) is 0.286. The highest BCUT2D eigenvalue weighted by Gasteiger charge is 2.23. The third-order valence-electron chi connectivity index (χ3n) is 3.62. The van der Waals surface area contributed by atoms with Crippen LogP contribution in [0.3, 0.4) is 0 Å². The minimum atomic E-state index is 0.393. The third-order valence-corrected chi connectivity index (χ3v) is 3.62. The van der Waals surface area contributed by atoms with Gasteiger partial charge in [-0.1, -0.05) is 0 Å². The van der Waals surface area contributed by atoms with Gasteiger partial charge in [-0.05, 0) is 37.6 Å². The van der Waals surface area contributed by atoms with Crippen LogP contribution in [0.25, 0.3) is 21.9 Å². The molecule has 0 radical (unpaired) electrons. The van der Waals surface area contributed by atoms with Gasteiger partial charge in [0.15, 0.2) is 0 Å². The van der Waals surface area contributed by atoms with Crippen molar-refractivity contribution >= 4 is 21.9 Å². The van der Waals surface area contributed by atoms with Crippen molar-refractivity contribution in [2.75, 3.05) is 6.54 Å². The van der Waals surface area contributed by atoms with Crippen molar-refractivity contribution in [3.63, 3.8) is 0 Å². The minimum absolute atomic E-state index is 0.393. The fourth-order valence-corrected chi connectivity index (χ4v) is 2.85. The maximum absolute atomic E-state index is 5.66. The molecule has 4 rings (SSSR count). The zero-order chi connectivity index (χ0) is 11.2. The predicted molar refractivity (Wildman–Crippen MR) is 66.0 cm³/mol. The smallest absolute Gasteiger partial charge is 0.139 e. The van der Waals surface area contributed by atoms with E-state index in [1.54, 1.807) is 12.5 Å². The second-order valence-electron chi connectivity index (χ2n) is 4.61. The van der Waals surface area contributed by atoms with E-state index in [-0.39, 0.29) is 0 Å². The van der Waals surface area contributed by atoms with Crippen LogP contribution in [0.2, 0.25) is 0 Å². The van der Waals surface area contributed by atoms with E-state index in [2.05, 4.69) is 5.32 Å². The molecule has 1 fully saturated rings. The Hall–Kier alpha value is -1.74. The molecule has 3 heteroatoms. The average Bonchev–Trinajstić information content (AvgIpc) is 3.06. The highest BCUT2D eigenvalue weighted by molar-refractivity contribution is 5.98. The number of furan rings is 2. The van der Waals surface area contributed by atoms with Crippen LogP contribution < -0.4 is 5.32 Å². The molecule has 1 atom stereocenters. The number of fused-ring (bicyclic) bond motifs is 2. The lowest BCUT2D eigenvalue weighted by atomic mass is 9.99. The first-order valence-electron chi connectivity index (χ1n) is 6.04. The molecule has 1 aliphatic heterocycles. The molecule has 2 aromatic heterocycles. The van der Waals surface area contributed by atoms with Gasteiger partial charge in [0.1, 0.15) is 11.2 Å². The topological polar surface area (TPSA) is 38.3 Å². The Morgan fingerprint density at radius 3 is 3.00 bits per heavy atom. The summed E-state index contributed by atoms with van der Waals surface area (Å²) >= 11 is 0. The molecule has 3 heterocycles. The summed E-state index contributed by atoms with van der Waals surface area (Å²) in [5, 5.41) is 5.83. The Labute approximate surface area is 98.4 Å². The number of nitrogens with one attached hydrogen (secondary N) is 1. The van der Waals surface area contributed by atoms with Gasteiger partial charge >= 0.3 is 0 Å². The standard InChI is InChI=1S/C14H13NO2/c1-2-11(15-5-1)13-10-4-7-16-12(10)8-9-3-6-17-14(9)13/h3-4,6-8,11,15H,1-2,5H2. The van der Waals surface area contributed by atoms with E-state index in [0.717, 1.165) is 23.1 Å². The van der Waals surface area contributed by atoms with Gasteiger partial charge in [-0.3, -0.25) is 0 Å². The van der Waals surface area contributed by atoms with Gasteiger partial charge in [0.05, 0.1) is 12.5 Å². The second kappa shape index (κ2) is 3.37. The Morgan fingerprint density at radius 2 is 2.12 bits per heavy atom. The quantitative estimate of drug-likeness (QED) is 0.690. The number of rotatable bonds is 1. The fourth-order valence-electron chi connectivity index (χ4n) is 2.85. The molecule has 86 valence electrons. The van der Waals surface area contributed by atoms with Crippen molar-refractivity contribution in [1.82, 2.24) is 5.32 Å². The van der Waals surface area contributed by atoms with Crippen LogP contribution in [0.4, 0.5) is 0 Å². The van der Waals surface area contributed by atoms with Crippen molar-refractivity contribution in [2.45, 2.75) is 18.9 Å². The van der Waals surface area contributed by atoms with E-state index in [1.807, 2.05) is 18.2 Å². The molecule has 1 unspecified atom stereocenters. The summed E-state index contributed by atoms with van der Waals surface area (Å²) in [6, 6.07) is 6.47. The Balaban J connectivity index is 2.10. The summed E-state index contributed by atoms with van der Waals surface area (Å²) in [7, 11) is 0. The number of hydrogen-bond acceptors (Lipinski definition) is 3. The first-order chi connectivity index (χ1) is 8.43. The highest BCUT2D eigenvalue weighted by atomic mass is 16.3. The molecule has 1 aliphatic rings. The van der Waals surface area contributed by atoms with Gasteiger partial charge in [-0.25, -0.2) is 0 Å². The van der Waals surface area contributed by atoms with E-state index < -0.39 is 0 Å². The van der Waals surface area contributed by atoms with Gasteiger partial charge in [0.2, 0.25) is 0 Å². The summed E-state index contributed by atoms with van der Waals surface area (Å²) < 4.78 is 11.2. The predicted octanol–water partition coefficient (Wildman–Crippen LogP) is 3.60. The van der Waals surface area contributed by atoms with Gasteiger partial charge in [-0.15, -0.1) is 0 Å². The van der Waals surface area contributed by atoms with E-state index in [1.165, 1.54) is 23.8 Å². The number of benzene rings is 1. The largest absolute Gasteiger partial charge is 0.464 e. The second-order valence-corrected chi connectivity index (χ2v) is 4.61. The van der Waals surface area contributed by atoms with E-state index in [4.69, 9.17) is 8.83 Å². The minimum Gasteiger partial charge on any atom is -0.464 e. The number of hydrogen-bond donors (Lipinski definition) is 1. The van der Waals surface area contributed by atoms with Crippen LogP contribution >= 0.6 is 0 Å². The van der Waals surface area contributed by atoms with Crippen molar-refractivity contribution in [1.29, 1.82) is 0 Å². The summed E-state index contributed by atoms with van der Waals surface area (Å²) in [5.41, 5.74) is 3.20. The van der Waals surface area contributed by atoms with Crippen LogP contribution in [0, 0.1) is 0 Å². The zero-order valence-electron chi connectivity index (χ0n) is 9.40. The molecule has 0 saturated carbocycles. The van der Waals surface area contributed by atoms with Crippen molar-refractivity contribution in [3.05, 3.63) is 36.3 Å². The lowest BCUT2D eigenvalue weighted by Crippen LogP contribution is -2.13. The van der Waals surface area contributed by atoms with Crippen LogP contribution in [0.5, 0.6) is 0 Å². The van der Waals surface area contributed by atoms with Crippen LogP contribution in [-0.2, 0) is 0 Å². The third kappa shape index (κ3) is 1.26. The highest BCUT2D eigenvalue weighted by Crippen LogP contribution is 2.37. The van der Waals surface area contributed by atoms with Gasteiger partial charge in [0.25, 0.3) is 0 Å². The molecule has 17 heavy (non-hydrogen) atoms. The van der Waals surface area contributed by atoms with Crippen molar-refractivity contribution < 1.29 is 8.83 Å². The average molecular weight is 227 g/mol. The first kappa shape index (κ1) is 9.31. The van der Waals surface area contributed by atoms with E-state index in [9.17, 15) is 0 Å². The summed E-state index contributed by atoms with van der Waals surface area (Å²) in [6.45, 7) is 1.08. The van der Waals surface area contributed by atoms with Gasteiger partial charge in [0, 0.05) is 22.4 Å². The normalized spacial score (nSPS) is 20.6. The van der Waals surface area contributed by atoms with Crippen molar-refractivity contribution in [3.8, 4) is 0 Å². The van der Waals surface area contributed by atoms with Crippen LogP contribution in [0.15, 0.2) is 39.6 Å². The molecule has 1 saturated heterocycles. The van der Waals surface area contributed by atoms with Crippen LogP contribution in [0.1, 0.15) is 24.4 Å². The van der Waals surface area contributed by atoms with E-state index >= 15 is 0 Å². The lowest BCUT2D eigenvalue weighted by Gasteiger charge is -2.12. The Bertz CT molecular complexity index is 625. The summed E-state index contributed by atoms with van der Waals surface area (Å²) in [6.07, 6.45) is 5.89. The molecule has 1 aromatic carbocycles. The molecular formula is C14H13NO2. The molecular weight excluding hydrogens is 214 g/mol. The van der Waals surface area contributed by atoms with Crippen LogP contribution in [-0.4, -0.2) is 6.54 Å². The van der Waals surface area contributed by atoms with Gasteiger partial charge < -0.3 is 14.2 Å².